The maximum atomic E-state index is 13.2. The van der Waals surface area contributed by atoms with Crippen molar-refractivity contribution < 1.29 is 18.0 Å². The second-order valence-electron chi connectivity index (χ2n) is 8.63. The minimum atomic E-state index is -4.58. The molecule has 1 amide bonds. The molecule has 4 heterocycles. The molecule has 6 rings (SSSR count). The van der Waals surface area contributed by atoms with Gasteiger partial charge in [-0.25, -0.2) is 4.98 Å². The fraction of sp³-hybridized carbons (Fsp3) is 0.304. The van der Waals surface area contributed by atoms with Gasteiger partial charge in [0.1, 0.15) is 0 Å². The van der Waals surface area contributed by atoms with Gasteiger partial charge in [-0.1, -0.05) is 6.07 Å². The van der Waals surface area contributed by atoms with Gasteiger partial charge in [0, 0.05) is 23.1 Å². The number of carbonyl (C=O) groups excluding carboxylic acids is 1. The monoisotopic (exact) mass is 452 g/mol. The molecule has 3 aromatic heterocycles. The third kappa shape index (κ3) is 3.20. The van der Waals surface area contributed by atoms with E-state index in [4.69, 9.17) is 0 Å². The van der Waals surface area contributed by atoms with Gasteiger partial charge in [-0.15, -0.1) is 13.2 Å². The highest BCUT2D eigenvalue weighted by Crippen LogP contribution is 2.54. The van der Waals surface area contributed by atoms with E-state index < -0.39 is 6.30 Å². The fourth-order valence-electron chi connectivity index (χ4n) is 4.76. The maximum Gasteiger partial charge on any atom is 0.504 e. The average molecular weight is 452 g/mol. The second-order valence-corrected chi connectivity index (χ2v) is 8.63. The SMILES string of the molecule is Cc1nc(-c2cnn(C(F)(F)F)c2)ccc1C1C(C2CC2)C(=O)N1c1ccc2nc[nH]c2c1. The summed E-state index contributed by atoms with van der Waals surface area (Å²) in [7, 11) is 0. The molecule has 168 valence electrons. The van der Waals surface area contributed by atoms with Crippen molar-refractivity contribution >= 4 is 22.6 Å². The number of aromatic amines is 1. The minimum Gasteiger partial charge on any atom is -0.345 e. The zero-order valence-electron chi connectivity index (χ0n) is 17.5. The van der Waals surface area contributed by atoms with Gasteiger partial charge >= 0.3 is 6.30 Å². The molecular weight excluding hydrogens is 433 g/mol. The minimum absolute atomic E-state index is 0.0334. The van der Waals surface area contributed by atoms with Crippen LogP contribution in [0.25, 0.3) is 22.3 Å². The Morgan fingerprint density at radius 2 is 1.97 bits per heavy atom. The van der Waals surface area contributed by atoms with Gasteiger partial charge < -0.3 is 9.88 Å². The number of pyridine rings is 1. The molecule has 10 heteroatoms. The van der Waals surface area contributed by atoms with Crippen molar-refractivity contribution in [1.82, 2.24) is 24.7 Å². The van der Waals surface area contributed by atoms with E-state index in [2.05, 4.69) is 20.1 Å². The summed E-state index contributed by atoms with van der Waals surface area (Å²) in [4.78, 5) is 26.9. The van der Waals surface area contributed by atoms with E-state index in [0.717, 1.165) is 47.5 Å². The lowest BCUT2D eigenvalue weighted by molar-refractivity contribution is -0.212. The van der Waals surface area contributed by atoms with Gasteiger partial charge in [0.25, 0.3) is 0 Å². The van der Waals surface area contributed by atoms with Crippen molar-refractivity contribution in [3.63, 3.8) is 0 Å². The zero-order valence-corrected chi connectivity index (χ0v) is 17.5. The number of nitrogens with one attached hydrogen (secondary N) is 1. The predicted molar refractivity (Wildman–Crippen MR) is 114 cm³/mol. The predicted octanol–water partition coefficient (Wildman–Crippen LogP) is 4.72. The molecule has 0 radical (unpaired) electrons. The molecule has 4 aromatic rings. The van der Waals surface area contributed by atoms with Crippen LogP contribution in [0.15, 0.2) is 49.1 Å². The average Bonchev–Trinajstić information content (AvgIpc) is 3.25. The number of hydrogen-bond donors (Lipinski definition) is 1. The first-order chi connectivity index (χ1) is 15.8. The Balaban J connectivity index is 1.37. The highest BCUT2D eigenvalue weighted by Gasteiger charge is 2.55. The number of aromatic nitrogens is 5. The van der Waals surface area contributed by atoms with Gasteiger partial charge in [-0.3, -0.25) is 9.78 Å². The van der Waals surface area contributed by atoms with Crippen molar-refractivity contribution in [1.29, 1.82) is 0 Å². The molecule has 33 heavy (non-hydrogen) atoms. The molecule has 1 aromatic carbocycles. The van der Waals surface area contributed by atoms with Gasteiger partial charge in [-0.05, 0) is 55.5 Å². The molecule has 2 unspecified atom stereocenters. The molecule has 1 saturated carbocycles. The highest BCUT2D eigenvalue weighted by molar-refractivity contribution is 6.04. The van der Waals surface area contributed by atoms with Crippen LogP contribution in [-0.2, 0) is 11.1 Å². The Kier molecular flexibility index (Phi) is 4.17. The summed E-state index contributed by atoms with van der Waals surface area (Å²) in [5.41, 5.74) is 4.74. The van der Waals surface area contributed by atoms with Crippen LogP contribution in [0, 0.1) is 18.8 Å². The topological polar surface area (TPSA) is 79.7 Å². The molecular formula is C23H19F3N6O. The molecule has 0 spiro atoms. The first-order valence-corrected chi connectivity index (χ1v) is 10.7. The van der Waals surface area contributed by atoms with Gasteiger partial charge in [0.2, 0.25) is 5.91 Å². The Morgan fingerprint density at radius 1 is 1.15 bits per heavy atom. The molecule has 0 bridgehead atoms. The quantitative estimate of drug-likeness (QED) is 0.455. The number of nitrogens with zero attached hydrogens (tertiary/aromatic N) is 5. The summed E-state index contributed by atoms with van der Waals surface area (Å²) in [6.45, 7) is 1.83. The Bertz CT molecular complexity index is 1390. The van der Waals surface area contributed by atoms with E-state index in [0.29, 0.717) is 17.3 Å². The van der Waals surface area contributed by atoms with Crippen LogP contribution < -0.4 is 4.90 Å². The molecule has 2 aliphatic rings. The Hall–Kier alpha value is -3.69. The number of alkyl halides is 3. The van der Waals surface area contributed by atoms with Crippen LogP contribution in [0.4, 0.5) is 18.9 Å². The van der Waals surface area contributed by atoms with Crippen LogP contribution in [0.3, 0.4) is 0 Å². The van der Waals surface area contributed by atoms with Crippen molar-refractivity contribution in [3.05, 3.63) is 60.3 Å². The number of benzene rings is 1. The van der Waals surface area contributed by atoms with E-state index in [9.17, 15) is 18.0 Å². The lowest BCUT2D eigenvalue weighted by atomic mass is 9.78. The van der Waals surface area contributed by atoms with Crippen molar-refractivity contribution in [2.45, 2.75) is 32.1 Å². The lowest BCUT2D eigenvalue weighted by Crippen LogP contribution is -2.56. The third-order valence-electron chi connectivity index (χ3n) is 6.54. The van der Waals surface area contributed by atoms with Crippen LogP contribution >= 0.6 is 0 Å². The summed E-state index contributed by atoms with van der Waals surface area (Å²) < 4.78 is 38.7. The summed E-state index contributed by atoms with van der Waals surface area (Å²) >= 11 is 0. The number of aryl methyl sites for hydroxylation is 1. The number of anilines is 1. The van der Waals surface area contributed by atoms with Gasteiger partial charge in [0.05, 0.1) is 41.2 Å². The standard InChI is InChI=1S/C23H19F3N6O/c1-12-16(5-7-17(30-12)14-9-29-31(10-14)23(24,25)26)21-20(13-2-3-13)22(33)32(21)15-4-6-18-19(8-15)28-11-27-18/h4-11,13,20-21H,2-3H2,1H3,(H,27,28). The lowest BCUT2D eigenvalue weighted by Gasteiger charge is -2.48. The number of amides is 1. The van der Waals surface area contributed by atoms with Gasteiger partial charge in [0.15, 0.2) is 0 Å². The fourth-order valence-corrected chi connectivity index (χ4v) is 4.76. The Morgan fingerprint density at radius 3 is 2.67 bits per heavy atom. The Labute approximate surface area is 186 Å². The second kappa shape index (κ2) is 6.90. The number of H-pyrrole nitrogens is 1. The van der Waals surface area contributed by atoms with Crippen LogP contribution in [0.5, 0.6) is 0 Å². The molecule has 2 fully saturated rings. The van der Waals surface area contributed by atoms with Gasteiger partial charge in [-0.2, -0.15) is 9.78 Å². The molecule has 1 N–H and O–H groups in total. The first-order valence-electron chi connectivity index (χ1n) is 10.7. The molecule has 7 nitrogen and oxygen atoms in total. The van der Waals surface area contributed by atoms with Crippen LogP contribution in [0.2, 0.25) is 0 Å². The number of rotatable bonds is 4. The first kappa shape index (κ1) is 20.0. The van der Waals surface area contributed by atoms with Crippen molar-refractivity contribution in [2.75, 3.05) is 4.90 Å². The largest absolute Gasteiger partial charge is 0.504 e. The zero-order chi connectivity index (χ0) is 22.9. The summed E-state index contributed by atoms with van der Waals surface area (Å²) in [6, 6.07) is 9.09. The number of fused-ring (bicyclic) bond motifs is 1. The number of hydrogen-bond acceptors (Lipinski definition) is 4. The summed E-state index contributed by atoms with van der Waals surface area (Å²) in [5.74, 6) is 0.344. The van der Waals surface area contributed by atoms with E-state index in [1.54, 1.807) is 17.3 Å². The van der Waals surface area contributed by atoms with E-state index >= 15 is 0 Å². The summed E-state index contributed by atoms with van der Waals surface area (Å²) in [6.07, 6.45) is 1.18. The summed E-state index contributed by atoms with van der Waals surface area (Å²) in [5, 5.41) is 3.39. The number of carbonyl (C=O) groups is 1. The van der Waals surface area contributed by atoms with Crippen LogP contribution in [-0.4, -0.2) is 30.6 Å². The van der Waals surface area contributed by atoms with E-state index in [1.165, 1.54) is 0 Å². The number of imidazole rings is 1. The molecule has 1 saturated heterocycles. The maximum absolute atomic E-state index is 13.2. The molecule has 1 aliphatic heterocycles. The van der Waals surface area contributed by atoms with E-state index in [-0.39, 0.29) is 28.1 Å². The molecule has 2 atom stereocenters. The smallest absolute Gasteiger partial charge is 0.345 e. The van der Waals surface area contributed by atoms with Crippen LogP contribution in [0.1, 0.15) is 30.1 Å². The third-order valence-corrected chi connectivity index (χ3v) is 6.54. The van der Waals surface area contributed by atoms with E-state index in [1.807, 2.05) is 31.2 Å². The van der Waals surface area contributed by atoms with Crippen molar-refractivity contribution in [3.8, 4) is 11.3 Å². The number of β-lactam (4-membered cyclic amide) rings is 1. The normalized spacial score (nSPS) is 21.0. The van der Waals surface area contributed by atoms with Crippen molar-refractivity contribution in [2.24, 2.45) is 11.8 Å². The highest BCUT2D eigenvalue weighted by atomic mass is 19.4. The molecule has 1 aliphatic carbocycles. The number of halogens is 3.